The Morgan fingerprint density at radius 2 is 1.77 bits per heavy atom. The van der Waals surface area contributed by atoms with E-state index in [9.17, 15) is 14.4 Å². The minimum atomic E-state index is -1.38. The van der Waals surface area contributed by atoms with Gasteiger partial charge in [-0.15, -0.1) is 11.3 Å². The van der Waals surface area contributed by atoms with Gasteiger partial charge in [0.2, 0.25) is 0 Å². The second-order valence-electron chi connectivity index (χ2n) is 6.78. The molecule has 1 aromatic heterocycles. The number of nitrogens with zero attached hydrogens (tertiary/aromatic N) is 1. The maximum Gasteiger partial charge on any atom is 0.412 e. The lowest BCUT2D eigenvalue weighted by atomic mass is 10.2. The Morgan fingerprint density at radius 1 is 1.17 bits per heavy atom. The number of rotatable bonds is 6. The quantitative estimate of drug-likeness (QED) is 0.543. The molecule has 1 aromatic carbocycles. The molecule has 9 nitrogen and oxygen atoms in total. The van der Waals surface area contributed by atoms with Crippen molar-refractivity contribution in [3.05, 3.63) is 35.3 Å². The van der Waals surface area contributed by atoms with Gasteiger partial charge in [0.05, 0.1) is 12.8 Å². The number of thiazole rings is 1. The van der Waals surface area contributed by atoms with E-state index in [1.165, 1.54) is 6.20 Å². The molecular weight excluding hydrogens is 410 g/mol. The molecule has 2 rings (SSSR count). The van der Waals surface area contributed by atoms with Crippen LogP contribution in [0, 0.1) is 0 Å². The van der Waals surface area contributed by atoms with Crippen LogP contribution in [-0.2, 0) is 9.53 Å². The molecule has 0 bridgehead atoms. The van der Waals surface area contributed by atoms with Crippen molar-refractivity contribution in [2.75, 3.05) is 11.9 Å². The first-order valence-corrected chi connectivity index (χ1v) is 10.1. The zero-order chi connectivity index (χ0) is 22.9. The number of hydrogen-bond donors (Lipinski definition) is 4. The van der Waals surface area contributed by atoms with Crippen molar-refractivity contribution < 1.29 is 29.3 Å². The van der Waals surface area contributed by atoms with Crippen LogP contribution in [-0.4, -0.2) is 51.4 Å². The Kier molecular flexibility index (Phi) is 9.41. The summed E-state index contributed by atoms with van der Waals surface area (Å²) in [5.41, 5.74) is 0.660. The number of carboxylic acid groups (broad SMARTS) is 1. The van der Waals surface area contributed by atoms with Crippen molar-refractivity contribution in [1.29, 1.82) is 0 Å². The standard InChI is InChI=1S/C18H21N3O6S.C2H6/c1-18(2,3)27-17(26)20-11-6-4-10(5-7-11)15-19-8-13(28-15)14(23)21-12(9-22)16(24)25;1-2/h4-8,12,22H,9H2,1-3H3,(H,20,26)(H,21,23)(H,24,25);1-2H3. The lowest BCUT2D eigenvalue weighted by Gasteiger charge is -2.19. The molecule has 2 amide bonds. The number of carboxylic acids is 1. The van der Waals surface area contributed by atoms with Gasteiger partial charge >= 0.3 is 12.1 Å². The molecule has 0 fully saturated rings. The summed E-state index contributed by atoms with van der Waals surface area (Å²) in [6.07, 6.45) is 0.767. The van der Waals surface area contributed by atoms with Crippen LogP contribution in [0.25, 0.3) is 10.6 Å². The average Bonchev–Trinajstić information content (AvgIpc) is 3.16. The average molecular weight is 438 g/mol. The van der Waals surface area contributed by atoms with Crippen molar-refractivity contribution in [1.82, 2.24) is 10.3 Å². The third-order valence-electron chi connectivity index (χ3n) is 3.29. The maximum atomic E-state index is 12.1. The van der Waals surface area contributed by atoms with Crippen LogP contribution in [0.3, 0.4) is 0 Å². The molecule has 1 atom stereocenters. The summed E-state index contributed by atoms with van der Waals surface area (Å²) in [4.78, 5) is 39.1. The summed E-state index contributed by atoms with van der Waals surface area (Å²) in [5, 5.41) is 23.2. The number of anilines is 1. The van der Waals surface area contributed by atoms with Crippen LogP contribution < -0.4 is 10.6 Å². The molecule has 1 unspecified atom stereocenters. The van der Waals surface area contributed by atoms with Crippen LogP contribution >= 0.6 is 11.3 Å². The van der Waals surface area contributed by atoms with E-state index < -0.39 is 36.2 Å². The molecule has 0 spiro atoms. The zero-order valence-corrected chi connectivity index (χ0v) is 18.4. The van der Waals surface area contributed by atoms with Crippen molar-refractivity contribution in [3.63, 3.8) is 0 Å². The number of aliphatic hydroxyl groups is 1. The van der Waals surface area contributed by atoms with Gasteiger partial charge in [-0.3, -0.25) is 10.1 Å². The third-order valence-corrected chi connectivity index (χ3v) is 4.34. The summed E-state index contributed by atoms with van der Waals surface area (Å²) < 4.78 is 5.18. The number of ether oxygens (including phenoxy) is 1. The molecule has 30 heavy (non-hydrogen) atoms. The number of benzene rings is 1. The molecule has 2 aromatic rings. The predicted molar refractivity (Wildman–Crippen MR) is 115 cm³/mol. The molecule has 0 radical (unpaired) electrons. The second kappa shape index (κ2) is 11.3. The highest BCUT2D eigenvalue weighted by atomic mass is 32.1. The number of aliphatic hydroxyl groups excluding tert-OH is 1. The predicted octanol–water partition coefficient (Wildman–Crippen LogP) is 3.36. The topological polar surface area (TPSA) is 138 Å². The van der Waals surface area contributed by atoms with E-state index in [4.69, 9.17) is 14.9 Å². The van der Waals surface area contributed by atoms with Gasteiger partial charge in [-0.05, 0) is 45.0 Å². The van der Waals surface area contributed by atoms with Crippen LogP contribution in [0.1, 0.15) is 44.3 Å². The summed E-state index contributed by atoms with van der Waals surface area (Å²) in [6, 6.07) is 5.41. The molecule has 1 heterocycles. The van der Waals surface area contributed by atoms with E-state index in [0.29, 0.717) is 10.7 Å². The first-order valence-electron chi connectivity index (χ1n) is 9.30. The number of aliphatic carboxylic acids is 1. The number of nitrogens with one attached hydrogen (secondary N) is 2. The number of hydrogen-bond acceptors (Lipinski definition) is 7. The summed E-state index contributed by atoms with van der Waals surface area (Å²) in [7, 11) is 0. The van der Waals surface area contributed by atoms with Gasteiger partial charge in [-0.1, -0.05) is 13.8 Å². The first kappa shape index (κ1) is 25.1. The maximum absolute atomic E-state index is 12.1. The van der Waals surface area contributed by atoms with E-state index >= 15 is 0 Å². The molecule has 164 valence electrons. The molecule has 0 saturated carbocycles. The normalized spacial score (nSPS) is 11.5. The second-order valence-corrected chi connectivity index (χ2v) is 7.81. The largest absolute Gasteiger partial charge is 0.480 e. The van der Waals surface area contributed by atoms with Gasteiger partial charge < -0.3 is 20.3 Å². The van der Waals surface area contributed by atoms with Gasteiger partial charge in [0, 0.05) is 11.3 Å². The molecule has 0 aliphatic heterocycles. The van der Waals surface area contributed by atoms with E-state index in [1.54, 1.807) is 45.0 Å². The number of carbonyl (C=O) groups excluding carboxylic acids is 2. The summed E-state index contributed by atoms with van der Waals surface area (Å²) in [6.45, 7) is 8.60. The first-order chi connectivity index (χ1) is 14.1. The molecule has 0 aliphatic rings. The van der Waals surface area contributed by atoms with Crippen molar-refractivity contribution in [3.8, 4) is 10.6 Å². The van der Waals surface area contributed by atoms with Crippen molar-refractivity contribution in [2.45, 2.75) is 46.3 Å². The number of carbonyl (C=O) groups is 3. The highest BCUT2D eigenvalue weighted by Gasteiger charge is 2.21. The van der Waals surface area contributed by atoms with Gasteiger partial charge in [-0.2, -0.15) is 0 Å². The minimum Gasteiger partial charge on any atom is -0.480 e. The summed E-state index contributed by atoms with van der Waals surface area (Å²) >= 11 is 1.08. The van der Waals surface area contributed by atoms with Crippen LogP contribution in [0.4, 0.5) is 10.5 Å². The van der Waals surface area contributed by atoms with Gasteiger partial charge in [0.15, 0.2) is 6.04 Å². The Hall–Kier alpha value is -2.98. The van der Waals surface area contributed by atoms with Gasteiger partial charge in [-0.25, -0.2) is 14.6 Å². The van der Waals surface area contributed by atoms with Gasteiger partial charge in [0.1, 0.15) is 15.5 Å². The molecular formula is C20H27N3O6S. The zero-order valence-electron chi connectivity index (χ0n) is 17.6. The van der Waals surface area contributed by atoms with Crippen LogP contribution in [0.15, 0.2) is 30.5 Å². The summed E-state index contributed by atoms with van der Waals surface area (Å²) in [5.74, 6) is -1.96. The fraction of sp³-hybridized carbons (Fsp3) is 0.400. The molecule has 4 N–H and O–H groups in total. The Bertz CT molecular complexity index is 858. The highest BCUT2D eigenvalue weighted by Crippen LogP contribution is 2.26. The SMILES string of the molecule is CC.CC(C)(C)OC(=O)Nc1ccc(-c2ncc(C(=O)NC(CO)C(=O)O)s2)cc1. The number of aromatic nitrogens is 1. The Labute approximate surface area is 179 Å². The Balaban J connectivity index is 0.00000218. The minimum absolute atomic E-state index is 0.214. The lowest BCUT2D eigenvalue weighted by Crippen LogP contribution is -2.43. The Morgan fingerprint density at radius 3 is 2.27 bits per heavy atom. The van der Waals surface area contributed by atoms with Crippen molar-refractivity contribution >= 4 is 35.0 Å². The van der Waals surface area contributed by atoms with E-state index in [0.717, 1.165) is 16.9 Å². The smallest absolute Gasteiger partial charge is 0.412 e. The highest BCUT2D eigenvalue weighted by molar-refractivity contribution is 7.16. The van der Waals surface area contributed by atoms with E-state index in [2.05, 4.69) is 15.6 Å². The fourth-order valence-corrected chi connectivity index (χ4v) is 2.87. The number of amides is 2. The van der Waals surface area contributed by atoms with Gasteiger partial charge in [0.25, 0.3) is 5.91 Å². The fourth-order valence-electron chi connectivity index (χ4n) is 2.04. The lowest BCUT2D eigenvalue weighted by molar-refractivity contribution is -0.140. The van der Waals surface area contributed by atoms with E-state index in [-0.39, 0.29) is 4.88 Å². The monoisotopic (exact) mass is 437 g/mol. The molecule has 10 heteroatoms. The van der Waals surface area contributed by atoms with Crippen LogP contribution in [0.5, 0.6) is 0 Å². The van der Waals surface area contributed by atoms with E-state index in [1.807, 2.05) is 13.8 Å². The molecule has 0 saturated heterocycles. The third kappa shape index (κ3) is 7.80. The van der Waals surface area contributed by atoms with Crippen molar-refractivity contribution in [2.24, 2.45) is 0 Å². The van der Waals surface area contributed by atoms with Crippen LogP contribution in [0.2, 0.25) is 0 Å². The molecule has 0 aliphatic carbocycles.